The molecule has 4 nitrogen and oxygen atoms in total. The van der Waals surface area contributed by atoms with E-state index in [9.17, 15) is 4.79 Å². The van der Waals surface area contributed by atoms with Crippen molar-refractivity contribution in [3.63, 3.8) is 0 Å². The maximum Gasteiger partial charge on any atom is 0.294 e. The summed E-state index contributed by atoms with van der Waals surface area (Å²) in [6.07, 6.45) is 4.22. The van der Waals surface area contributed by atoms with Crippen LogP contribution in [0.2, 0.25) is 10.2 Å². The first-order valence-corrected chi connectivity index (χ1v) is 9.07. The zero-order chi connectivity index (χ0) is 17.4. The summed E-state index contributed by atoms with van der Waals surface area (Å²) in [5, 5.41) is 0.978. The first kappa shape index (κ1) is 17.4. The molecule has 0 saturated heterocycles. The summed E-state index contributed by atoms with van der Waals surface area (Å²) in [6.45, 7) is 4.82. The fourth-order valence-corrected chi connectivity index (χ4v) is 4.03. The maximum absolute atomic E-state index is 13.0. The Balaban J connectivity index is 2.15. The van der Waals surface area contributed by atoms with E-state index in [2.05, 4.69) is 24.9 Å². The third-order valence-electron chi connectivity index (χ3n) is 4.64. The first-order chi connectivity index (χ1) is 11.5. The van der Waals surface area contributed by atoms with Crippen molar-refractivity contribution in [1.82, 2.24) is 9.55 Å². The molecule has 0 spiro atoms. The Morgan fingerprint density at radius 1 is 1.29 bits per heavy atom. The van der Waals surface area contributed by atoms with Gasteiger partial charge in [-0.2, -0.15) is 0 Å². The van der Waals surface area contributed by atoms with Gasteiger partial charge >= 0.3 is 0 Å². The topological polar surface area (TPSA) is 38.1 Å². The van der Waals surface area contributed by atoms with E-state index in [1.807, 2.05) is 18.8 Å². The first-order valence-electron chi connectivity index (χ1n) is 8.31. The molecule has 1 aliphatic rings. The van der Waals surface area contributed by atoms with Crippen LogP contribution in [0.25, 0.3) is 0 Å². The van der Waals surface area contributed by atoms with Crippen LogP contribution in [0.3, 0.4) is 0 Å². The van der Waals surface area contributed by atoms with E-state index < -0.39 is 0 Å². The molecule has 1 aromatic heterocycles. The molecule has 2 heterocycles. The summed E-state index contributed by atoms with van der Waals surface area (Å²) in [7, 11) is 2.02. The van der Waals surface area contributed by atoms with E-state index in [0.717, 1.165) is 36.0 Å². The minimum Gasteiger partial charge on any atom is -0.320 e. The van der Waals surface area contributed by atoms with Crippen molar-refractivity contribution in [2.24, 2.45) is 0 Å². The average Bonchev–Trinajstić information content (AvgIpc) is 2.95. The van der Waals surface area contributed by atoms with Crippen molar-refractivity contribution < 1.29 is 0 Å². The van der Waals surface area contributed by atoms with Crippen molar-refractivity contribution >= 4 is 48.0 Å². The Bertz CT molecular complexity index is 833. The molecule has 1 aromatic carbocycles. The van der Waals surface area contributed by atoms with Gasteiger partial charge in [-0.1, -0.05) is 48.6 Å². The molecule has 1 aliphatic heterocycles. The van der Waals surface area contributed by atoms with E-state index in [4.69, 9.17) is 23.2 Å². The highest BCUT2D eigenvalue weighted by Crippen LogP contribution is 2.37. The second kappa shape index (κ2) is 6.81. The SMILES string of the molecule is Bc1cc(Cl)c2c(c1)CCN2c1nc(Cl)cn(C(CC)CC)c1=O. The van der Waals surface area contributed by atoms with Gasteiger partial charge in [0, 0.05) is 18.8 Å². The monoisotopic (exact) mass is 363 g/mol. The van der Waals surface area contributed by atoms with Gasteiger partial charge in [-0.15, -0.1) is 0 Å². The van der Waals surface area contributed by atoms with Crippen LogP contribution in [0.1, 0.15) is 38.3 Å². The van der Waals surface area contributed by atoms with Crippen molar-refractivity contribution in [1.29, 1.82) is 0 Å². The standard InChI is InChI=1S/C17H20BCl2N3O/c1-3-12(4-2)23-9-14(20)21-16(17(23)24)22-6-5-10-7-11(18)8-13(19)15(10)22/h7-9,12H,3-6,18H2,1-2H3. The number of hydrogen-bond donors (Lipinski definition) is 0. The summed E-state index contributed by atoms with van der Waals surface area (Å²) < 4.78 is 1.71. The van der Waals surface area contributed by atoms with Crippen LogP contribution in [0.15, 0.2) is 23.1 Å². The Hall–Kier alpha value is -1.46. The zero-order valence-corrected chi connectivity index (χ0v) is 15.7. The van der Waals surface area contributed by atoms with Gasteiger partial charge in [0.1, 0.15) is 13.0 Å². The second-order valence-electron chi connectivity index (χ2n) is 6.23. The van der Waals surface area contributed by atoms with Crippen LogP contribution in [0.5, 0.6) is 0 Å². The Morgan fingerprint density at radius 2 is 2.00 bits per heavy atom. The molecule has 2 aromatic rings. The summed E-state index contributed by atoms with van der Waals surface area (Å²) in [4.78, 5) is 19.2. The largest absolute Gasteiger partial charge is 0.320 e. The third-order valence-corrected chi connectivity index (χ3v) is 5.11. The summed E-state index contributed by atoms with van der Waals surface area (Å²) in [5.41, 5.74) is 3.03. The number of fused-ring (bicyclic) bond motifs is 1. The van der Waals surface area contributed by atoms with Crippen molar-refractivity contribution in [3.8, 4) is 0 Å². The number of benzene rings is 1. The fourth-order valence-electron chi connectivity index (χ4n) is 3.45. The molecule has 7 heteroatoms. The number of halogens is 2. The van der Waals surface area contributed by atoms with Crippen LogP contribution >= 0.6 is 23.2 Å². The fraction of sp³-hybridized carbons (Fsp3) is 0.412. The molecule has 0 atom stereocenters. The highest BCUT2D eigenvalue weighted by Gasteiger charge is 2.28. The Labute approximate surface area is 152 Å². The molecule has 0 saturated carbocycles. The minimum absolute atomic E-state index is 0.113. The van der Waals surface area contributed by atoms with E-state index in [1.165, 1.54) is 0 Å². The molecular weight excluding hydrogens is 344 g/mol. The quantitative estimate of drug-likeness (QED) is 0.784. The maximum atomic E-state index is 13.0. The van der Waals surface area contributed by atoms with E-state index in [1.54, 1.807) is 10.8 Å². The Kier molecular flexibility index (Phi) is 4.93. The summed E-state index contributed by atoms with van der Waals surface area (Å²) in [6, 6.07) is 4.15. The number of rotatable bonds is 4. The lowest BCUT2D eigenvalue weighted by atomic mass is 9.93. The van der Waals surface area contributed by atoms with Crippen LogP contribution < -0.4 is 15.9 Å². The average molecular weight is 364 g/mol. The number of anilines is 2. The van der Waals surface area contributed by atoms with Gasteiger partial charge in [0.05, 0.1) is 10.7 Å². The van der Waals surface area contributed by atoms with E-state index in [-0.39, 0.29) is 11.6 Å². The molecule has 126 valence electrons. The molecular formula is C17H20BCl2N3O. The third kappa shape index (κ3) is 2.95. The zero-order valence-electron chi connectivity index (χ0n) is 14.1. The second-order valence-corrected chi connectivity index (χ2v) is 7.02. The van der Waals surface area contributed by atoms with Crippen molar-refractivity contribution in [2.75, 3.05) is 11.4 Å². The highest BCUT2D eigenvalue weighted by molar-refractivity contribution is 6.38. The van der Waals surface area contributed by atoms with Gasteiger partial charge in [0.15, 0.2) is 0 Å². The molecule has 0 radical (unpaired) electrons. The molecule has 0 aliphatic carbocycles. The number of nitrogens with zero attached hydrogens (tertiary/aromatic N) is 3. The number of aromatic nitrogens is 2. The summed E-state index contributed by atoms with van der Waals surface area (Å²) >= 11 is 12.7. The smallest absolute Gasteiger partial charge is 0.294 e. The van der Waals surface area contributed by atoms with E-state index >= 15 is 0 Å². The van der Waals surface area contributed by atoms with Crippen LogP contribution in [-0.2, 0) is 6.42 Å². The van der Waals surface area contributed by atoms with Gasteiger partial charge in [0.25, 0.3) is 5.56 Å². The van der Waals surface area contributed by atoms with Crippen LogP contribution in [0, 0.1) is 0 Å². The van der Waals surface area contributed by atoms with Gasteiger partial charge in [-0.05, 0) is 30.9 Å². The van der Waals surface area contributed by atoms with Crippen LogP contribution in [-0.4, -0.2) is 23.9 Å². The predicted molar refractivity (Wildman–Crippen MR) is 103 cm³/mol. The van der Waals surface area contributed by atoms with Crippen molar-refractivity contribution in [2.45, 2.75) is 39.2 Å². The van der Waals surface area contributed by atoms with Crippen LogP contribution in [0.4, 0.5) is 11.5 Å². The molecule has 0 bridgehead atoms. The van der Waals surface area contributed by atoms with Gasteiger partial charge in [0.2, 0.25) is 5.82 Å². The van der Waals surface area contributed by atoms with E-state index in [0.29, 0.717) is 22.5 Å². The molecule has 3 rings (SSSR count). The lowest BCUT2D eigenvalue weighted by molar-refractivity contribution is 0.456. The predicted octanol–water partition coefficient (Wildman–Crippen LogP) is 2.86. The van der Waals surface area contributed by atoms with Gasteiger partial charge in [-0.25, -0.2) is 4.98 Å². The minimum atomic E-state index is -0.113. The molecule has 0 unspecified atom stereocenters. The lowest BCUT2D eigenvalue weighted by Gasteiger charge is -2.23. The normalized spacial score (nSPS) is 13.6. The van der Waals surface area contributed by atoms with Crippen molar-refractivity contribution in [3.05, 3.63) is 44.4 Å². The van der Waals surface area contributed by atoms with Gasteiger partial charge in [-0.3, -0.25) is 4.79 Å². The molecule has 0 N–H and O–H groups in total. The molecule has 0 fully saturated rings. The molecule has 0 amide bonds. The van der Waals surface area contributed by atoms with Gasteiger partial charge < -0.3 is 9.47 Å². The Morgan fingerprint density at radius 3 is 2.67 bits per heavy atom. The molecule has 24 heavy (non-hydrogen) atoms. The summed E-state index contributed by atoms with van der Waals surface area (Å²) in [5.74, 6) is 0.360. The number of hydrogen-bond acceptors (Lipinski definition) is 3. The lowest BCUT2D eigenvalue weighted by Crippen LogP contribution is -2.31. The highest BCUT2D eigenvalue weighted by atomic mass is 35.5.